The smallest absolute Gasteiger partial charge is 0.147 e. The first-order valence-electron chi connectivity index (χ1n) is 4.29. The number of hydrogen-bond acceptors (Lipinski definition) is 1. The molecule has 0 fully saturated rings. The largest absolute Gasteiger partial charge is 0.298 e. The number of alkyl halides is 1. The fourth-order valence-electron chi connectivity index (χ4n) is 1.19. The highest BCUT2D eigenvalue weighted by Gasteiger charge is 2.10. The lowest BCUT2D eigenvalue weighted by atomic mass is 10.1. The summed E-state index contributed by atoms with van der Waals surface area (Å²) in [5.74, 6) is 0.0307. The number of rotatable bonds is 3. The monoisotopic (exact) mass is 196 g/mol. The van der Waals surface area contributed by atoms with Crippen LogP contribution < -0.4 is 0 Å². The highest BCUT2D eigenvalue weighted by molar-refractivity contribution is 6.30. The van der Waals surface area contributed by atoms with Crippen LogP contribution in [0.3, 0.4) is 0 Å². The summed E-state index contributed by atoms with van der Waals surface area (Å²) < 4.78 is 0. The highest BCUT2D eigenvalue weighted by atomic mass is 35.5. The molecule has 70 valence electrons. The van der Waals surface area contributed by atoms with E-state index in [-0.39, 0.29) is 11.2 Å². The normalized spacial score (nSPS) is 12.5. The Kier molecular flexibility index (Phi) is 3.49. The van der Waals surface area contributed by atoms with Gasteiger partial charge in [-0.1, -0.05) is 29.8 Å². The van der Waals surface area contributed by atoms with Gasteiger partial charge in [-0.2, -0.15) is 0 Å². The first-order valence-corrected chi connectivity index (χ1v) is 4.73. The maximum Gasteiger partial charge on any atom is 0.147 e. The van der Waals surface area contributed by atoms with Crippen molar-refractivity contribution >= 4 is 17.4 Å². The maximum atomic E-state index is 10.9. The lowest BCUT2D eigenvalue weighted by Gasteiger charge is -2.05. The Bertz CT molecular complexity index is 307. The van der Waals surface area contributed by atoms with Crippen LogP contribution in [0.25, 0.3) is 0 Å². The number of halogens is 1. The van der Waals surface area contributed by atoms with Gasteiger partial charge in [-0.3, -0.25) is 4.79 Å². The Labute approximate surface area is 83.7 Å². The zero-order chi connectivity index (χ0) is 9.84. The summed E-state index contributed by atoms with van der Waals surface area (Å²) >= 11 is 5.85. The predicted molar refractivity (Wildman–Crippen MR) is 55.2 cm³/mol. The summed E-state index contributed by atoms with van der Waals surface area (Å²) in [6.45, 7) is 3.55. The molecule has 0 bridgehead atoms. The molecule has 1 unspecified atom stereocenters. The summed E-state index contributed by atoms with van der Waals surface area (Å²) in [5, 5.41) is -0.387. The molecule has 0 N–H and O–H groups in total. The van der Waals surface area contributed by atoms with Crippen LogP contribution in [0, 0.1) is 6.92 Å². The van der Waals surface area contributed by atoms with E-state index in [0.717, 1.165) is 5.56 Å². The molecule has 1 aromatic carbocycles. The average molecular weight is 197 g/mol. The highest BCUT2D eigenvalue weighted by Crippen LogP contribution is 2.10. The minimum Gasteiger partial charge on any atom is -0.298 e. The zero-order valence-corrected chi connectivity index (χ0v) is 8.64. The molecular weight excluding hydrogens is 184 g/mol. The van der Waals surface area contributed by atoms with Gasteiger partial charge in [-0.15, -0.1) is 11.6 Å². The van der Waals surface area contributed by atoms with Crippen LogP contribution in [0.1, 0.15) is 18.1 Å². The van der Waals surface area contributed by atoms with E-state index in [4.69, 9.17) is 11.6 Å². The molecule has 1 nitrogen and oxygen atoms in total. The second-order valence-electron chi connectivity index (χ2n) is 3.27. The molecule has 0 aromatic heterocycles. The third-order valence-corrected chi connectivity index (χ3v) is 2.40. The van der Waals surface area contributed by atoms with Gasteiger partial charge < -0.3 is 0 Å². The van der Waals surface area contributed by atoms with Gasteiger partial charge in [0.25, 0.3) is 0 Å². The first-order chi connectivity index (χ1) is 6.09. The number of benzene rings is 1. The lowest BCUT2D eigenvalue weighted by molar-refractivity contribution is -0.116. The molecule has 2 heteroatoms. The summed E-state index contributed by atoms with van der Waals surface area (Å²) in [4.78, 5) is 10.9. The first kappa shape index (κ1) is 10.3. The second kappa shape index (κ2) is 4.43. The van der Waals surface area contributed by atoms with Gasteiger partial charge in [0.05, 0.1) is 5.38 Å². The minimum atomic E-state index is -0.387. The summed E-state index contributed by atoms with van der Waals surface area (Å²) in [6, 6.07) is 8.05. The third-order valence-electron chi connectivity index (χ3n) is 1.94. The molecule has 1 atom stereocenters. The number of carbonyl (C=O) groups is 1. The van der Waals surface area contributed by atoms with Crippen molar-refractivity contribution in [1.82, 2.24) is 0 Å². The van der Waals surface area contributed by atoms with Crippen molar-refractivity contribution in [2.45, 2.75) is 25.6 Å². The molecule has 0 spiro atoms. The van der Waals surface area contributed by atoms with Crippen LogP contribution >= 0.6 is 11.6 Å². The molecule has 0 radical (unpaired) electrons. The van der Waals surface area contributed by atoms with Gasteiger partial charge in [0.1, 0.15) is 5.78 Å². The van der Waals surface area contributed by atoms with E-state index in [9.17, 15) is 4.79 Å². The number of hydrogen-bond donors (Lipinski definition) is 0. The van der Waals surface area contributed by atoms with Crippen LogP contribution in [0.2, 0.25) is 0 Å². The quantitative estimate of drug-likeness (QED) is 0.680. The van der Waals surface area contributed by atoms with E-state index >= 15 is 0 Å². The molecule has 1 aromatic rings. The van der Waals surface area contributed by atoms with Crippen molar-refractivity contribution in [3.8, 4) is 0 Å². The molecule has 1 rings (SSSR count). The van der Waals surface area contributed by atoms with Crippen LogP contribution in [-0.4, -0.2) is 11.2 Å². The summed E-state index contributed by atoms with van der Waals surface area (Å²) in [6.07, 6.45) is 0.624. The van der Waals surface area contributed by atoms with Gasteiger partial charge in [0.2, 0.25) is 0 Å². The Hall–Kier alpha value is -0.820. The fourth-order valence-corrected chi connectivity index (χ4v) is 1.37. The van der Waals surface area contributed by atoms with Crippen molar-refractivity contribution in [3.63, 3.8) is 0 Å². The molecule has 0 amide bonds. The fraction of sp³-hybridized carbons (Fsp3) is 0.364. The van der Waals surface area contributed by atoms with Crippen molar-refractivity contribution < 1.29 is 4.79 Å². The molecule has 0 aliphatic carbocycles. The number of carbonyl (C=O) groups excluding carboxylic acids is 1. The Morgan fingerprint density at radius 2 is 2.23 bits per heavy atom. The summed E-state index contributed by atoms with van der Waals surface area (Å²) in [5.41, 5.74) is 2.32. The van der Waals surface area contributed by atoms with Crippen LogP contribution in [0.5, 0.6) is 0 Å². The maximum absolute atomic E-state index is 10.9. The molecule has 0 aliphatic rings. The molecular formula is C11H13ClO. The third kappa shape index (κ3) is 3.19. The Morgan fingerprint density at radius 1 is 1.54 bits per heavy atom. The van der Waals surface area contributed by atoms with Gasteiger partial charge in [-0.05, 0) is 25.8 Å². The Morgan fingerprint density at radius 3 is 2.77 bits per heavy atom. The number of aryl methyl sites for hydroxylation is 1. The predicted octanol–water partition coefficient (Wildman–Crippen LogP) is 2.73. The van der Waals surface area contributed by atoms with E-state index in [1.165, 1.54) is 12.5 Å². The second-order valence-corrected chi connectivity index (χ2v) is 3.80. The molecule has 0 saturated heterocycles. The SMILES string of the molecule is CC(=O)C(Cl)Cc1cccc(C)c1. The van der Waals surface area contributed by atoms with Gasteiger partial charge in [0, 0.05) is 0 Å². The van der Waals surface area contributed by atoms with E-state index in [2.05, 4.69) is 6.07 Å². The Balaban J connectivity index is 2.69. The van der Waals surface area contributed by atoms with Crippen molar-refractivity contribution in [1.29, 1.82) is 0 Å². The van der Waals surface area contributed by atoms with Gasteiger partial charge in [0.15, 0.2) is 0 Å². The average Bonchev–Trinajstić information content (AvgIpc) is 2.04. The number of ketones is 1. The van der Waals surface area contributed by atoms with Crippen LogP contribution in [0.15, 0.2) is 24.3 Å². The summed E-state index contributed by atoms with van der Waals surface area (Å²) in [7, 11) is 0. The standard InChI is InChI=1S/C11H13ClO/c1-8-4-3-5-10(6-8)7-11(12)9(2)13/h3-6,11H,7H2,1-2H3. The van der Waals surface area contributed by atoms with Crippen LogP contribution in [-0.2, 0) is 11.2 Å². The molecule has 13 heavy (non-hydrogen) atoms. The minimum absolute atomic E-state index is 0.0307. The molecule has 0 aliphatic heterocycles. The zero-order valence-electron chi connectivity index (χ0n) is 7.88. The van der Waals surface area contributed by atoms with Crippen molar-refractivity contribution in [2.75, 3.05) is 0 Å². The number of Topliss-reactive ketones (excluding diaryl/α,β-unsaturated/α-hetero) is 1. The van der Waals surface area contributed by atoms with E-state index < -0.39 is 0 Å². The van der Waals surface area contributed by atoms with E-state index in [1.54, 1.807) is 0 Å². The lowest BCUT2D eigenvalue weighted by Crippen LogP contribution is -2.13. The van der Waals surface area contributed by atoms with Crippen molar-refractivity contribution in [2.24, 2.45) is 0 Å². The van der Waals surface area contributed by atoms with Gasteiger partial charge in [-0.25, -0.2) is 0 Å². The molecule has 0 heterocycles. The molecule has 0 saturated carbocycles. The van der Waals surface area contributed by atoms with E-state index in [0.29, 0.717) is 6.42 Å². The van der Waals surface area contributed by atoms with Crippen LogP contribution in [0.4, 0.5) is 0 Å². The van der Waals surface area contributed by atoms with E-state index in [1.807, 2.05) is 25.1 Å². The van der Waals surface area contributed by atoms with Crippen molar-refractivity contribution in [3.05, 3.63) is 35.4 Å². The van der Waals surface area contributed by atoms with Gasteiger partial charge >= 0.3 is 0 Å². The topological polar surface area (TPSA) is 17.1 Å².